The number of esters is 1. The normalized spacial score (nSPS) is 11.6. The van der Waals surface area contributed by atoms with E-state index in [1.165, 1.54) is 0 Å². The molecule has 3 heteroatoms. The van der Waals surface area contributed by atoms with Crippen molar-refractivity contribution in [3.8, 4) is 0 Å². The summed E-state index contributed by atoms with van der Waals surface area (Å²) < 4.78 is 5.79. The summed E-state index contributed by atoms with van der Waals surface area (Å²) in [5.41, 5.74) is 10.2. The van der Waals surface area contributed by atoms with E-state index >= 15 is 0 Å². The van der Waals surface area contributed by atoms with Crippen molar-refractivity contribution in [2.75, 3.05) is 6.54 Å². The number of hydrogen-bond acceptors (Lipinski definition) is 3. The van der Waals surface area contributed by atoms with Crippen molar-refractivity contribution in [2.24, 2.45) is 11.7 Å². The molecule has 0 aliphatic carbocycles. The van der Waals surface area contributed by atoms with Gasteiger partial charge < -0.3 is 10.5 Å². The maximum absolute atomic E-state index is 12.5. The second-order valence-electron chi connectivity index (χ2n) is 5.21. The molecule has 2 rings (SSSR count). The van der Waals surface area contributed by atoms with Gasteiger partial charge in [0.15, 0.2) is 6.10 Å². The average molecular weight is 307 g/mol. The van der Waals surface area contributed by atoms with Crippen LogP contribution >= 0.6 is 0 Å². The molecule has 0 amide bonds. The van der Waals surface area contributed by atoms with Crippen LogP contribution in [0.15, 0.2) is 79.0 Å². The first-order valence-corrected chi connectivity index (χ1v) is 7.61. The highest BCUT2D eigenvalue weighted by molar-refractivity contribution is 5.73. The van der Waals surface area contributed by atoms with Crippen molar-refractivity contribution in [2.45, 2.75) is 12.5 Å². The van der Waals surface area contributed by atoms with E-state index in [2.05, 4.69) is 12.3 Å². The molecule has 0 saturated heterocycles. The minimum atomic E-state index is -0.438. The van der Waals surface area contributed by atoms with E-state index in [9.17, 15) is 4.79 Å². The monoisotopic (exact) mass is 307 g/mol. The maximum atomic E-state index is 12.5. The molecule has 0 aromatic heterocycles. The fourth-order valence-corrected chi connectivity index (χ4v) is 2.31. The van der Waals surface area contributed by atoms with Gasteiger partial charge in [-0.2, -0.15) is 0 Å². The zero-order valence-corrected chi connectivity index (χ0v) is 13.0. The predicted octanol–water partition coefficient (Wildman–Crippen LogP) is 3.63. The van der Waals surface area contributed by atoms with E-state index in [0.717, 1.165) is 11.1 Å². The average Bonchev–Trinajstić information content (AvgIpc) is 2.62. The van der Waals surface area contributed by atoms with Crippen LogP contribution in [-0.4, -0.2) is 12.5 Å². The fraction of sp³-hybridized carbons (Fsp3) is 0.200. The lowest BCUT2D eigenvalue weighted by molar-refractivity contribution is -0.152. The molecule has 2 N–H and O–H groups in total. The van der Waals surface area contributed by atoms with E-state index in [0.29, 0.717) is 6.42 Å². The van der Waals surface area contributed by atoms with Crippen LogP contribution in [0.5, 0.6) is 0 Å². The predicted molar refractivity (Wildman–Crippen MR) is 91.7 cm³/mol. The van der Waals surface area contributed by atoms with Crippen LogP contribution < -0.4 is 5.73 Å². The van der Waals surface area contributed by atoms with Gasteiger partial charge in [0.2, 0.25) is 0 Å². The number of hydrogen-bond donors (Lipinski definition) is 1. The van der Waals surface area contributed by atoms with Gasteiger partial charge in [0.05, 0.1) is 5.92 Å². The van der Waals surface area contributed by atoms with E-state index in [1.807, 2.05) is 60.7 Å². The second-order valence-corrected chi connectivity index (χ2v) is 5.21. The van der Waals surface area contributed by atoms with Crippen LogP contribution in [0.25, 0.3) is 0 Å². The quantitative estimate of drug-likeness (QED) is 0.628. The van der Waals surface area contributed by atoms with Crippen molar-refractivity contribution in [1.82, 2.24) is 0 Å². The molecule has 0 bridgehead atoms. The Balaban J connectivity index is 2.25. The highest BCUT2D eigenvalue weighted by Gasteiger charge is 2.23. The smallest absolute Gasteiger partial charge is 0.311 e. The van der Waals surface area contributed by atoms with Crippen molar-refractivity contribution < 1.29 is 9.53 Å². The molecule has 3 nitrogen and oxygen atoms in total. The SMILES string of the molecule is C=C=CC[C@H](CN)C(=O)OC(c1ccccc1)c1ccccc1. The molecule has 0 fully saturated rings. The number of nitrogens with two attached hydrogens (primary N) is 1. The molecule has 2 aromatic carbocycles. The molecule has 0 spiro atoms. The Kier molecular flexibility index (Phi) is 6.37. The van der Waals surface area contributed by atoms with E-state index in [4.69, 9.17) is 10.5 Å². The van der Waals surface area contributed by atoms with Gasteiger partial charge in [-0.25, -0.2) is 0 Å². The molecular weight excluding hydrogens is 286 g/mol. The van der Waals surface area contributed by atoms with Gasteiger partial charge in [0, 0.05) is 6.54 Å². The summed E-state index contributed by atoms with van der Waals surface area (Å²) in [6.07, 6.45) is 1.75. The molecule has 0 aliphatic heterocycles. The molecule has 0 heterocycles. The summed E-state index contributed by atoms with van der Waals surface area (Å²) in [5, 5.41) is 0. The third kappa shape index (κ3) is 4.68. The molecule has 23 heavy (non-hydrogen) atoms. The Labute approximate surface area is 137 Å². The third-order valence-corrected chi connectivity index (χ3v) is 3.60. The zero-order chi connectivity index (χ0) is 16.5. The number of carbonyl (C=O) groups excluding carboxylic acids is 1. The summed E-state index contributed by atoms with van der Waals surface area (Å²) in [6, 6.07) is 19.4. The van der Waals surface area contributed by atoms with Gasteiger partial charge in [-0.15, -0.1) is 5.73 Å². The van der Waals surface area contributed by atoms with E-state index < -0.39 is 6.10 Å². The minimum Gasteiger partial charge on any atom is -0.452 e. The highest BCUT2D eigenvalue weighted by atomic mass is 16.5. The minimum absolute atomic E-state index is 0.229. The van der Waals surface area contributed by atoms with Crippen LogP contribution in [0.1, 0.15) is 23.7 Å². The largest absolute Gasteiger partial charge is 0.452 e. The van der Waals surface area contributed by atoms with Crippen LogP contribution in [0.2, 0.25) is 0 Å². The van der Waals surface area contributed by atoms with Crippen molar-refractivity contribution >= 4 is 5.97 Å². The fourth-order valence-electron chi connectivity index (χ4n) is 2.31. The number of ether oxygens (including phenoxy) is 1. The molecule has 118 valence electrons. The molecule has 0 saturated carbocycles. The highest BCUT2D eigenvalue weighted by Crippen LogP contribution is 2.27. The summed E-state index contributed by atoms with van der Waals surface area (Å²) in [6.45, 7) is 3.74. The Morgan fingerprint density at radius 3 is 2.04 bits per heavy atom. The number of carbonyl (C=O) groups is 1. The van der Waals surface area contributed by atoms with Crippen LogP contribution in [0.4, 0.5) is 0 Å². The standard InChI is InChI=1S/C20H21NO2/c1-2-3-10-18(15-21)20(22)23-19(16-11-6-4-7-12-16)17-13-8-5-9-14-17/h3-9,11-14,18-19H,1,10,15,21H2/t18-/m1/s1. The lowest BCUT2D eigenvalue weighted by Crippen LogP contribution is -2.27. The second kappa shape index (κ2) is 8.74. The van der Waals surface area contributed by atoms with Crippen LogP contribution in [-0.2, 0) is 9.53 Å². The zero-order valence-electron chi connectivity index (χ0n) is 13.0. The van der Waals surface area contributed by atoms with E-state index in [-0.39, 0.29) is 18.4 Å². The van der Waals surface area contributed by atoms with Gasteiger partial charge >= 0.3 is 5.97 Å². The molecular formula is C20H21NO2. The Morgan fingerprint density at radius 1 is 1.09 bits per heavy atom. The summed E-state index contributed by atoms with van der Waals surface area (Å²) in [7, 11) is 0. The number of allylic oxidation sites excluding steroid dienone is 1. The molecule has 0 unspecified atom stereocenters. The maximum Gasteiger partial charge on any atom is 0.311 e. The van der Waals surface area contributed by atoms with Crippen LogP contribution in [0.3, 0.4) is 0 Å². The van der Waals surface area contributed by atoms with Crippen LogP contribution in [0, 0.1) is 5.92 Å². The van der Waals surface area contributed by atoms with Crippen molar-refractivity contribution in [3.63, 3.8) is 0 Å². The van der Waals surface area contributed by atoms with Gasteiger partial charge in [0.1, 0.15) is 0 Å². The lowest BCUT2D eigenvalue weighted by atomic mass is 10.0. The summed E-state index contributed by atoms with van der Waals surface area (Å²) in [4.78, 5) is 12.5. The Hall–Kier alpha value is -2.61. The number of benzene rings is 2. The summed E-state index contributed by atoms with van der Waals surface area (Å²) in [5.74, 6) is -0.698. The summed E-state index contributed by atoms with van der Waals surface area (Å²) >= 11 is 0. The lowest BCUT2D eigenvalue weighted by Gasteiger charge is -2.21. The first-order valence-electron chi connectivity index (χ1n) is 7.61. The van der Waals surface area contributed by atoms with Gasteiger partial charge in [0.25, 0.3) is 0 Å². The number of rotatable bonds is 7. The van der Waals surface area contributed by atoms with Gasteiger partial charge in [-0.05, 0) is 23.6 Å². The first-order chi connectivity index (χ1) is 11.3. The molecule has 1 atom stereocenters. The Bertz CT molecular complexity index is 621. The molecule has 0 aliphatic rings. The van der Waals surface area contributed by atoms with Gasteiger partial charge in [-0.1, -0.05) is 67.2 Å². The van der Waals surface area contributed by atoms with E-state index in [1.54, 1.807) is 6.08 Å². The topological polar surface area (TPSA) is 52.3 Å². The molecule has 2 aromatic rings. The van der Waals surface area contributed by atoms with Crippen molar-refractivity contribution in [3.05, 3.63) is 90.2 Å². The van der Waals surface area contributed by atoms with Crippen molar-refractivity contribution in [1.29, 1.82) is 0 Å². The first kappa shape index (κ1) is 16.8. The van der Waals surface area contributed by atoms with Gasteiger partial charge in [-0.3, -0.25) is 4.79 Å². The Morgan fingerprint density at radius 2 is 1.61 bits per heavy atom. The third-order valence-electron chi connectivity index (χ3n) is 3.60. The molecule has 0 radical (unpaired) electrons.